The van der Waals surface area contributed by atoms with Gasteiger partial charge in [0.05, 0.1) is 10.7 Å². The van der Waals surface area contributed by atoms with E-state index in [-0.39, 0.29) is 24.8 Å². The first kappa shape index (κ1) is 16.5. The molecule has 20 heavy (non-hydrogen) atoms. The van der Waals surface area contributed by atoms with Crippen molar-refractivity contribution in [3.8, 4) is 0 Å². The molecule has 1 rings (SSSR count). The molecule has 0 bridgehead atoms. The van der Waals surface area contributed by atoms with E-state index in [1.165, 1.54) is 11.8 Å². The van der Waals surface area contributed by atoms with Gasteiger partial charge < -0.3 is 10.2 Å². The maximum atomic E-state index is 11.7. The van der Waals surface area contributed by atoms with Crippen molar-refractivity contribution in [2.45, 2.75) is 13.3 Å². The van der Waals surface area contributed by atoms with Crippen molar-refractivity contribution >= 4 is 40.7 Å². The summed E-state index contributed by atoms with van der Waals surface area (Å²) in [6, 6.07) is 4.87. The summed E-state index contributed by atoms with van der Waals surface area (Å²) in [5.41, 5.74) is 0.542. The van der Waals surface area contributed by atoms with E-state index in [9.17, 15) is 9.59 Å². The lowest BCUT2D eigenvalue weighted by atomic mass is 10.2. The number of rotatable bonds is 6. The van der Waals surface area contributed by atoms with Crippen LogP contribution in [0.2, 0.25) is 10.0 Å². The molecule has 0 unspecified atom stereocenters. The maximum Gasteiger partial charge on any atom is 0.223 e. The highest BCUT2D eigenvalue weighted by molar-refractivity contribution is 6.36. The van der Waals surface area contributed by atoms with Crippen LogP contribution in [0.3, 0.4) is 0 Å². The van der Waals surface area contributed by atoms with Crippen molar-refractivity contribution < 1.29 is 9.59 Å². The van der Waals surface area contributed by atoms with Crippen LogP contribution >= 0.6 is 23.2 Å². The van der Waals surface area contributed by atoms with Crippen molar-refractivity contribution in [3.63, 3.8) is 0 Å². The highest BCUT2D eigenvalue weighted by atomic mass is 35.5. The van der Waals surface area contributed by atoms with Crippen LogP contribution in [-0.4, -0.2) is 24.9 Å². The third-order valence-corrected chi connectivity index (χ3v) is 3.12. The van der Waals surface area contributed by atoms with Crippen LogP contribution in [-0.2, 0) is 9.59 Å². The second-order valence-electron chi connectivity index (χ2n) is 4.11. The van der Waals surface area contributed by atoms with Gasteiger partial charge in [0.2, 0.25) is 11.8 Å². The highest BCUT2D eigenvalue weighted by Gasteiger charge is 2.16. The third kappa shape index (κ3) is 4.87. The number of anilines is 1. The monoisotopic (exact) mass is 314 g/mol. The number of carbonyl (C=O) groups is 2. The first-order valence-electron chi connectivity index (χ1n) is 6.06. The minimum atomic E-state index is -0.189. The minimum absolute atomic E-state index is 0.152. The van der Waals surface area contributed by atoms with Gasteiger partial charge >= 0.3 is 0 Å². The zero-order chi connectivity index (χ0) is 15.1. The summed E-state index contributed by atoms with van der Waals surface area (Å²) in [7, 11) is 0. The average molecular weight is 315 g/mol. The van der Waals surface area contributed by atoms with E-state index < -0.39 is 0 Å². The van der Waals surface area contributed by atoms with Gasteiger partial charge in [-0.15, -0.1) is 6.58 Å². The Bertz CT molecular complexity index is 518. The zero-order valence-electron chi connectivity index (χ0n) is 11.2. The van der Waals surface area contributed by atoms with E-state index in [4.69, 9.17) is 23.2 Å². The smallest absolute Gasteiger partial charge is 0.223 e. The van der Waals surface area contributed by atoms with Crippen molar-refractivity contribution in [3.05, 3.63) is 40.9 Å². The number of nitrogens with zero attached hydrogens (tertiary/aromatic N) is 1. The van der Waals surface area contributed by atoms with Crippen LogP contribution in [0.5, 0.6) is 0 Å². The Morgan fingerprint density at radius 1 is 1.40 bits per heavy atom. The van der Waals surface area contributed by atoms with Gasteiger partial charge in [0, 0.05) is 31.5 Å². The van der Waals surface area contributed by atoms with Crippen molar-refractivity contribution in [2.24, 2.45) is 0 Å². The topological polar surface area (TPSA) is 49.4 Å². The molecule has 0 saturated carbocycles. The molecule has 1 aromatic rings. The van der Waals surface area contributed by atoms with E-state index >= 15 is 0 Å². The van der Waals surface area contributed by atoms with Gasteiger partial charge in [0.15, 0.2) is 0 Å². The zero-order valence-corrected chi connectivity index (χ0v) is 12.7. The summed E-state index contributed by atoms with van der Waals surface area (Å²) in [5, 5.41) is 3.52. The molecule has 0 aliphatic carbocycles. The van der Waals surface area contributed by atoms with E-state index in [1.54, 1.807) is 24.3 Å². The minimum Gasteiger partial charge on any atom is -0.353 e. The molecule has 0 radical (unpaired) electrons. The molecule has 0 saturated heterocycles. The number of halogens is 2. The van der Waals surface area contributed by atoms with Crippen molar-refractivity contribution in [2.75, 3.05) is 18.0 Å². The number of amides is 2. The van der Waals surface area contributed by atoms with Gasteiger partial charge in [0.25, 0.3) is 0 Å². The molecule has 0 spiro atoms. The van der Waals surface area contributed by atoms with Gasteiger partial charge in [0.1, 0.15) is 0 Å². The lowest BCUT2D eigenvalue weighted by Gasteiger charge is -2.22. The Hall–Kier alpha value is -1.52. The molecular weight excluding hydrogens is 299 g/mol. The second-order valence-corrected chi connectivity index (χ2v) is 4.95. The van der Waals surface area contributed by atoms with Crippen LogP contribution < -0.4 is 10.2 Å². The fourth-order valence-corrected chi connectivity index (χ4v) is 2.15. The van der Waals surface area contributed by atoms with Gasteiger partial charge in [-0.05, 0) is 18.2 Å². The van der Waals surface area contributed by atoms with Gasteiger partial charge in [-0.3, -0.25) is 9.59 Å². The molecule has 0 aliphatic rings. The number of carbonyl (C=O) groups excluding carboxylic acids is 2. The van der Waals surface area contributed by atoms with Gasteiger partial charge in [-0.25, -0.2) is 0 Å². The second kappa shape index (κ2) is 7.92. The summed E-state index contributed by atoms with van der Waals surface area (Å²) in [6.45, 7) is 5.59. The van der Waals surface area contributed by atoms with E-state index in [2.05, 4.69) is 11.9 Å². The van der Waals surface area contributed by atoms with Gasteiger partial charge in [-0.1, -0.05) is 29.3 Å². The normalized spacial score (nSPS) is 9.95. The molecule has 2 amide bonds. The van der Waals surface area contributed by atoms with Gasteiger partial charge in [-0.2, -0.15) is 0 Å². The molecule has 0 aliphatic heterocycles. The maximum absolute atomic E-state index is 11.7. The lowest BCUT2D eigenvalue weighted by molar-refractivity contribution is -0.120. The van der Waals surface area contributed by atoms with Crippen LogP contribution in [0.25, 0.3) is 0 Å². The molecule has 1 N–H and O–H groups in total. The third-order valence-electron chi connectivity index (χ3n) is 2.59. The van der Waals surface area contributed by atoms with Crippen molar-refractivity contribution in [1.82, 2.24) is 5.32 Å². The molecule has 4 nitrogen and oxygen atoms in total. The molecular formula is C14H16Cl2N2O2. The summed E-state index contributed by atoms with van der Waals surface area (Å²) in [5.74, 6) is -0.341. The largest absolute Gasteiger partial charge is 0.353 e. The fraction of sp³-hybridized carbons (Fsp3) is 0.286. The molecule has 6 heteroatoms. The average Bonchev–Trinajstić information content (AvgIpc) is 2.38. The number of hydrogen-bond acceptors (Lipinski definition) is 2. The van der Waals surface area contributed by atoms with Crippen LogP contribution in [0, 0.1) is 0 Å². The van der Waals surface area contributed by atoms with E-state index in [0.717, 1.165) is 0 Å². The molecule has 0 atom stereocenters. The molecule has 0 aromatic heterocycles. The van der Waals surface area contributed by atoms with E-state index in [1.807, 2.05) is 0 Å². The van der Waals surface area contributed by atoms with Crippen LogP contribution in [0.1, 0.15) is 13.3 Å². The molecule has 108 valence electrons. The molecule has 1 aromatic carbocycles. The summed E-state index contributed by atoms with van der Waals surface area (Å²) < 4.78 is 0. The predicted molar refractivity (Wildman–Crippen MR) is 82.3 cm³/mol. The Balaban J connectivity index is 2.77. The number of hydrogen-bond donors (Lipinski definition) is 1. The Morgan fingerprint density at radius 2 is 2.10 bits per heavy atom. The highest BCUT2D eigenvalue weighted by Crippen LogP contribution is 2.29. The van der Waals surface area contributed by atoms with E-state index in [0.29, 0.717) is 22.3 Å². The number of nitrogens with one attached hydrogen (secondary N) is 1. The quantitative estimate of drug-likeness (QED) is 0.820. The summed E-state index contributed by atoms with van der Waals surface area (Å²) >= 11 is 11.9. The number of benzene rings is 1. The molecule has 0 heterocycles. The summed E-state index contributed by atoms with van der Waals surface area (Å²) in [4.78, 5) is 24.7. The lowest BCUT2D eigenvalue weighted by Crippen LogP contribution is -2.34. The van der Waals surface area contributed by atoms with Crippen LogP contribution in [0.15, 0.2) is 30.9 Å². The fourth-order valence-electron chi connectivity index (χ4n) is 1.64. The first-order chi connectivity index (χ1) is 9.45. The SMILES string of the molecule is C=CCNC(=O)CCN(C(C)=O)c1ccc(Cl)cc1Cl. The Morgan fingerprint density at radius 3 is 2.65 bits per heavy atom. The standard InChI is InChI=1S/C14H16Cl2N2O2/c1-3-7-17-14(20)6-8-18(10(2)19)13-5-4-11(15)9-12(13)16/h3-5,9H,1,6-8H2,2H3,(H,17,20). The van der Waals surface area contributed by atoms with Crippen LogP contribution in [0.4, 0.5) is 5.69 Å². The Kier molecular flexibility index (Phi) is 6.55. The summed E-state index contributed by atoms with van der Waals surface area (Å²) in [6.07, 6.45) is 1.78. The van der Waals surface area contributed by atoms with Crippen molar-refractivity contribution in [1.29, 1.82) is 0 Å². The molecule has 0 fully saturated rings. The Labute approximate surface area is 128 Å². The predicted octanol–water partition coefficient (Wildman–Crippen LogP) is 3.04. The first-order valence-corrected chi connectivity index (χ1v) is 6.82.